The maximum atomic E-state index is 11.0. The van der Waals surface area contributed by atoms with Gasteiger partial charge in [-0.3, -0.25) is 9.59 Å². The number of amides is 1. The lowest BCUT2D eigenvalue weighted by molar-refractivity contribution is -0.135. The van der Waals surface area contributed by atoms with E-state index in [-0.39, 0.29) is 24.3 Å². The largest absolute Gasteiger partial charge is 0.392 e. The van der Waals surface area contributed by atoms with E-state index in [9.17, 15) is 9.59 Å². The lowest BCUT2D eigenvalue weighted by Crippen LogP contribution is -2.37. The number of carbonyl (C=O) groups excluding carboxylic acids is 2. The van der Waals surface area contributed by atoms with Crippen molar-refractivity contribution in [1.29, 1.82) is 0 Å². The Bertz CT molecular complexity index is 497. The average molecular weight is 342 g/mol. The summed E-state index contributed by atoms with van der Waals surface area (Å²) in [4.78, 5) is 23.6. The van der Waals surface area contributed by atoms with Crippen LogP contribution in [0.3, 0.4) is 0 Å². The molecule has 0 bridgehead atoms. The molecule has 130 valence electrons. The fourth-order valence-electron chi connectivity index (χ4n) is 2.30. The number of aliphatic hydroxyl groups is 1. The summed E-state index contributed by atoms with van der Waals surface area (Å²) in [5, 5.41) is 9.41. The van der Waals surface area contributed by atoms with Crippen LogP contribution in [0, 0.1) is 6.92 Å². The van der Waals surface area contributed by atoms with E-state index < -0.39 is 0 Å². The molecular formula is C18H28ClNO3. The second-order valence-electron chi connectivity index (χ2n) is 5.22. The van der Waals surface area contributed by atoms with Gasteiger partial charge in [0.1, 0.15) is 0 Å². The standard InChI is InChI=1S/C8H9ClO.C8H13NO2.C2H6/c1-6-2-3-7(5-10)4-8(6)9;1-6(10)8-4-3-5-9(8)7(2)11;1-2/h2-4,10H,5H2,1H3;8H,3-5H2,1-2H3;1-2H3. The fraction of sp³-hybridized carbons (Fsp3) is 0.556. The van der Waals surface area contributed by atoms with Gasteiger partial charge in [-0.15, -0.1) is 0 Å². The van der Waals surface area contributed by atoms with Crippen molar-refractivity contribution in [2.24, 2.45) is 0 Å². The quantitative estimate of drug-likeness (QED) is 0.891. The summed E-state index contributed by atoms with van der Waals surface area (Å²) in [6.07, 6.45) is 1.80. The number of nitrogens with zero attached hydrogens (tertiary/aromatic N) is 1. The summed E-state index contributed by atoms with van der Waals surface area (Å²) in [6.45, 7) is 9.80. The van der Waals surface area contributed by atoms with E-state index >= 15 is 0 Å². The lowest BCUT2D eigenvalue weighted by atomic mass is 10.1. The maximum Gasteiger partial charge on any atom is 0.220 e. The van der Waals surface area contributed by atoms with Crippen LogP contribution >= 0.6 is 11.6 Å². The molecule has 1 amide bonds. The molecule has 1 heterocycles. The van der Waals surface area contributed by atoms with Crippen molar-refractivity contribution in [2.75, 3.05) is 6.54 Å². The van der Waals surface area contributed by atoms with Gasteiger partial charge in [-0.1, -0.05) is 37.6 Å². The summed E-state index contributed by atoms with van der Waals surface area (Å²) in [6, 6.07) is 5.40. The summed E-state index contributed by atoms with van der Waals surface area (Å²) < 4.78 is 0. The zero-order chi connectivity index (χ0) is 18.0. The van der Waals surface area contributed by atoms with Crippen molar-refractivity contribution in [3.8, 4) is 0 Å². The molecule has 0 spiro atoms. The second-order valence-corrected chi connectivity index (χ2v) is 5.63. The predicted molar refractivity (Wildman–Crippen MR) is 94.5 cm³/mol. The predicted octanol–water partition coefficient (Wildman–Crippen LogP) is 3.75. The van der Waals surface area contributed by atoms with Crippen molar-refractivity contribution in [3.05, 3.63) is 34.3 Å². The molecule has 4 nitrogen and oxygen atoms in total. The number of hydrogen-bond acceptors (Lipinski definition) is 3. The summed E-state index contributed by atoms with van der Waals surface area (Å²) >= 11 is 5.78. The first-order chi connectivity index (χ1) is 10.9. The van der Waals surface area contributed by atoms with Crippen LogP contribution in [0.25, 0.3) is 0 Å². The van der Waals surface area contributed by atoms with E-state index in [1.165, 1.54) is 6.92 Å². The van der Waals surface area contributed by atoms with Gasteiger partial charge in [0.05, 0.1) is 12.6 Å². The topological polar surface area (TPSA) is 57.6 Å². The molecule has 1 unspecified atom stereocenters. The Balaban J connectivity index is 0.000000381. The molecule has 23 heavy (non-hydrogen) atoms. The van der Waals surface area contributed by atoms with Crippen LogP contribution in [0.1, 0.15) is 51.7 Å². The first-order valence-corrected chi connectivity index (χ1v) is 8.38. The van der Waals surface area contributed by atoms with Gasteiger partial charge in [-0.2, -0.15) is 0 Å². The van der Waals surface area contributed by atoms with E-state index in [1.54, 1.807) is 17.9 Å². The Hall–Kier alpha value is -1.39. The molecule has 0 aromatic heterocycles. The highest BCUT2D eigenvalue weighted by molar-refractivity contribution is 6.31. The Kier molecular flexibility index (Phi) is 10.5. The first kappa shape index (κ1) is 21.6. The number of rotatable bonds is 2. The molecule has 2 rings (SSSR count). The van der Waals surface area contributed by atoms with Gasteiger partial charge in [0.15, 0.2) is 5.78 Å². The van der Waals surface area contributed by atoms with Gasteiger partial charge in [0.25, 0.3) is 0 Å². The van der Waals surface area contributed by atoms with Crippen LogP contribution in [-0.4, -0.2) is 34.3 Å². The molecule has 0 saturated carbocycles. The van der Waals surface area contributed by atoms with E-state index in [0.29, 0.717) is 5.02 Å². The van der Waals surface area contributed by atoms with Crippen molar-refractivity contribution in [2.45, 2.75) is 60.1 Å². The molecule has 1 fully saturated rings. The number of halogens is 1. The highest BCUT2D eigenvalue weighted by Gasteiger charge is 2.29. The van der Waals surface area contributed by atoms with Crippen LogP contribution in [0.5, 0.6) is 0 Å². The minimum Gasteiger partial charge on any atom is -0.392 e. The molecule has 5 heteroatoms. The molecule has 1 aliphatic rings. The van der Waals surface area contributed by atoms with E-state index in [1.807, 2.05) is 32.9 Å². The zero-order valence-corrected chi connectivity index (χ0v) is 15.5. The van der Waals surface area contributed by atoms with Crippen LogP contribution in [0.15, 0.2) is 18.2 Å². The van der Waals surface area contributed by atoms with Crippen LogP contribution in [-0.2, 0) is 16.2 Å². The number of ketones is 1. The molecule has 0 radical (unpaired) electrons. The van der Waals surface area contributed by atoms with Gasteiger partial charge in [-0.05, 0) is 43.9 Å². The number of likely N-dealkylation sites (tertiary alicyclic amines) is 1. The Morgan fingerprint density at radius 3 is 2.30 bits per heavy atom. The Morgan fingerprint density at radius 1 is 1.30 bits per heavy atom. The minimum atomic E-state index is -0.132. The van der Waals surface area contributed by atoms with E-state index in [0.717, 1.165) is 30.5 Å². The molecule has 1 aliphatic heterocycles. The smallest absolute Gasteiger partial charge is 0.220 e. The zero-order valence-electron chi connectivity index (χ0n) is 14.7. The maximum absolute atomic E-state index is 11.0. The van der Waals surface area contributed by atoms with Gasteiger partial charge in [0, 0.05) is 18.5 Å². The average Bonchev–Trinajstić information content (AvgIpc) is 3.03. The number of aryl methyl sites for hydroxylation is 1. The van der Waals surface area contributed by atoms with Crippen molar-refractivity contribution >= 4 is 23.3 Å². The van der Waals surface area contributed by atoms with Gasteiger partial charge in [-0.25, -0.2) is 0 Å². The first-order valence-electron chi connectivity index (χ1n) is 8.00. The van der Waals surface area contributed by atoms with Crippen molar-refractivity contribution in [1.82, 2.24) is 4.90 Å². The third-order valence-corrected chi connectivity index (χ3v) is 3.95. The molecular weight excluding hydrogens is 314 g/mol. The fourth-order valence-corrected chi connectivity index (χ4v) is 2.50. The summed E-state index contributed by atoms with van der Waals surface area (Å²) in [5.41, 5.74) is 1.90. The van der Waals surface area contributed by atoms with E-state index in [2.05, 4.69) is 0 Å². The molecule has 1 saturated heterocycles. The van der Waals surface area contributed by atoms with Gasteiger partial charge < -0.3 is 10.0 Å². The minimum absolute atomic E-state index is 0.0164. The van der Waals surface area contributed by atoms with Crippen LogP contribution in [0.2, 0.25) is 5.02 Å². The van der Waals surface area contributed by atoms with Crippen molar-refractivity contribution in [3.63, 3.8) is 0 Å². The third kappa shape index (κ3) is 7.14. The van der Waals surface area contributed by atoms with E-state index in [4.69, 9.17) is 16.7 Å². The highest BCUT2D eigenvalue weighted by atomic mass is 35.5. The number of carbonyl (C=O) groups is 2. The SMILES string of the molecule is CC.CC(=O)C1CCCN1C(C)=O.Cc1ccc(CO)cc1Cl. The molecule has 1 aromatic carbocycles. The Labute approximate surface area is 144 Å². The summed E-state index contributed by atoms with van der Waals surface area (Å²) in [5.74, 6) is 0.125. The number of benzene rings is 1. The second kappa shape index (κ2) is 11.2. The van der Waals surface area contributed by atoms with Crippen molar-refractivity contribution < 1.29 is 14.7 Å². The number of aliphatic hydroxyl groups excluding tert-OH is 1. The third-order valence-electron chi connectivity index (χ3n) is 3.55. The molecule has 0 aliphatic carbocycles. The Morgan fingerprint density at radius 2 is 1.91 bits per heavy atom. The lowest BCUT2D eigenvalue weighted by Gasteiger charge is -2.20. The number of Topliss-reactive ketones (excluding diaryl/α,β-unsaturated/α-hetero) is 1. The molecule has 1 N–H and O–H groups in total. The molecule has 1 aromatic rings. The molecule has 1 atom stereocenters. The van der Waals surface area contributed by atoms with Crippen LogP contribution < -0.4 is 0 Å². The highest BCUT2D eigenvalue weighted by Crippen LogP contribution is 2.17. The number of hydrogen-bond donors (Lipinski definition) is 1. The summed E-state index contributed by atoms with van der Waals surface area (Å²) in [7, 11) is 0. The van der Waals surface area contributed by atoms with Gasteiger partial charge in [0.2, 0.25) is 5.91 Å². The van der Waals surface area contributed by atoms with Gasteiger partial charge >= 0.3 is 0 Å². The van der Waals surface area contributed by atoms with Crippen LogP contribution in [0.4, 0.5) is 0 Å². The normalized spacial score (nSPS) is 16.0. The monoisotopic (exact) mass is 341 g/mol.